The summed E-state index contributed by atoms with van der Waals surface area (Å²) in [7, 11) is 3.24. The molecule has 14 nitrogen and oxygen atoms in total. The van der Waals surface area contributed by atoms with Crippen molar-refractivity contribution in [1.82, 2.24) is 24.8 Å². The van der Waals surface area contributed by atoms with Crippen LogP contribution in [-0.4, -0.2) is 74.8 Å². The van der Waals surface area contributed by atoms with Crippen LogP contribution < -0.4 is 20.1 Å². The number of nitrogens with one attached hydrogen (secondary N) is 2. The number of aliphatic hydroxyl groups excluding tert-OH is 1. The number of hydrogen-bond donors (Lipinski definition) is 4. The van der Waals surface area contributed by atoms with Gasteiger partial charge in [-0.2, -0.15) is 0 Å². The van der Waals surface area contributed by atoms with E-state index in [4.69, 9.17) is 24.1 Å². The van der Waals surface area contributed by atoms with Gasteiger partial charge in [-0.05, 0) is 58.7 Å². The molecule has 1 fully saturated rings. The number of hydrogen-bond acceptors (Lipinski definition) is 10. The molecule has 3 atom stereocenters. The molecule has 0 saturated carbocycles. The summed E-state index contributed by atoms with van der Waals surface area (Å²) in [6.07, 6.45) is -0.285. The average Bonchev–Trinajstić information content (AvgIpc) is 3.82. The van der Waals surface area contributed by atoms with Gasteiger partial charge in [0.05, 0.1) is 33.3 Å². The van der Waals surface area contributed by atoms with E-state index >= 15 is 0 Å². The standard InChI is InChI=1S/C40H38N6O8/c1-51-30-16-12-28(13-17-30)40(27-6-4-3-5-7-27,29-14-18-31(52-2)19-15-29)53-22-33-32(47)20-34(54-33)46-24-44-35-36(42-23-43-37(35)46)45-38(48)26-10-8-25(9-11-26)21-41-39(49)50/h3-19,23-24,32-34,41,47H,20-22H2,1-2H3,(H,49,50)(H,42,43,45,48)/t32?,33-,34-/m1/s1. The van der Waals surface area contributed by atoms with Crippen molar-refractivity contribution in [2.24, 2.45) is 0 Å². The van der Waals surface area contributed by atoms with Gasteiger partial charge in [0.2, 0.25) is 0 Å². The fourth-order valence-corrected chi connectivity index (χ4v) is 6.60. The number of benzene rings is 4. The SMILES string of the molecule is COc1ccc(C(OC[C@H]2O[C@@H](n3cnc4c(NC(=O)c5ccc(CNC(=O)O)cc5)ncnc43)CC2O)(c2ccccc2)c2ccc(OC)cc2)cc1. The number of aliphatic hydroxyl groups is 1. The average molecular weight is 731 g/mol. The minimum atomic E-state index is -1.13. The Hall–Kier alpha value is -6.35. The number of nitrogens with zero attached hydrogens (tertiary/aromatic N) is 4. The van der Waals surface area contributed by atoms with Crippen molar-refractivity contribution in [2.75, 3.05) is 26.1 Å². The number of carbonyl (C=O) groups excluding carboxylic acids is 1. The first kappa shape index (κ1) is 36.0. The Morgan fingerprint density at radius 1 is 0.852 bits per heavy atom. The van der Waals surface area contributed by atoms with Gasteiger partial charge in [0.25, 0.3) is 5.91 Å². The van der Waals surface area contributed by atoms with Crippen LogP contribution in [0.15, 0.2) is 116 Å². The van der Waals surface area contributed by atoms with E-state index in [2.05, 4.69) is 25.6 Å². The van der Waals surface area contributed by atoms with Crippen LogP contribution in [0.1, 0.15) is 45.3 Å². The van der Waals surface area contributed by atoms with E-state index in [1.165, 1.54) is 6.33 Å². The third-order valence-corrected chi connectivity index (χ3v) is 9.40. The highest BCUT2D eigenvalue weighted by molar-refractivity contribution is 6.06. The first-order valence-corrected chi connectivity index (χ1v) is 17.2. The maximum absolute atomic E-state index is 13.1. The van der Waals surface area contributed by atoms with Gasteiger partial charge in [-0.1, -0.05) is 66.7 Å². The maximum atomic E-state index is 13.1. The Morgan fingerprint density at radius 3 is 2.09 bits per heavy atom. The van der Waals surface area contributed by atoms with E-state index in [0.717, 1.165) is 16.7 Å². The van der Waals surface area contributed by atoms with Crippen LogP contribution in [-0.2, 0) is 21.6 Å². The number of methoxy groups -OCH3 is 2. The first-order chi connectivity index (χ1) is 26.3. The summed E-state index contributed by atoms with van der Waals surface area (Å²) in [6.45, 7) is 0.143. The molecule has 54 heavy (non-hydrogen) atoms. The zero-order valence-electron chi connectivity index (χ0n) is 29.5. The molecular weight excluding hydrogens is 692 g/mol. The van der Waals surface area contributed by atoms with E-state index in [0.29, 0.717) is 33.8 Å². The Bertz CT molecular complexity index is 2170. The number of ether oxygens (including phenoxy) is 4. The van der Waals surface area contributed by atoms with E-state index in [1.54, 1.807) is 49.4 Å². The highest BCUT2D eigenvalue weighted by Crippen LogP contribution is 2.43. The first-order valence-electron chi connectivity index (χ1n) is 17.2. The summed E-state index contributed by atoms with van der Waals surface area (Å²) in [6, 6.07) is 31.8. The van der Waals surface area contributed by atoms with Gasteiger partial charge in [-0.25, -0.2) is 19.7 Å². The lowest BCUT2D eigenvalue weighted by molar-refractivity contribution is -0.0931. The van der Waals surface area contributed by atoms with Gasteiger partial charge in [-0.15, -0.1) is 0 Å². The van der Waals surface area contributed by atoms with Crippen LogP contribution in [0, 0.1) is 0 Å². The molecule has 1 aliphatic heterocycles. The third kappa shape index (κ3) is 7.30. The van der Waals surface area contributed by atoms with Crippen LogP contribution >= 0.6 is 0 Å². The molecular formula is C40H38N6O8. The zero-order valence-corrected chi connectivity index (χ0v) is 29.5. The van der Waals surface area contributed by atoms with E-state index in [1.807, 2.05) is 78.9 Å². The number of amides is 2. The number of anilines is 1. The second kappa shape index (κ2) is 15.7. The van der Waals surface area contributed by atoms with Crippen LogP contribution in [0.2, 0.25) is 0 Å². The van der Waals surface area contributed by atoms with Crippen molar-refractivity contribution >= 4 is 29.0 Å². The lowest BCUT2D eigenvalue weighted by Gasteiger charge is -2.37. The minimum absolute atomic E-state index is 0.0265. The molecule has 4 aromatic carbocycles. The molecule has 3 heterocycles. The molecule has 1 aliphatic rings. The molecule has 1 saturated heterocycles. The lowest BCUT2D eigenvalue weighted by Crippen LogP contribution is -2.38. The van der Waals surface area contributed by atoms with Crippen molar-refractivity contribution in [3.8, 4) is 11.5 Å². The maximum Gasteiger partial charge on any atom is 0.404 e. The van der Waals surface area contributed by atoms with Crippen LogP contribution in [0.5, 0.6) is 11.5 Å². The fraction of sp³-hybridized carbons (Fsp3) is 0.225. The molecule has 6 aromatic rings. The normalized spacial score (nSPS) is 16.9. The third-order valence-electron chi connectivity index (χ3n) is 9.40. The van der Waals surface area contributed by atoms with Gasteiger partial charge < -0.3 is 39.8 Å². The number of aromatic nitrogens is 4. The molecule has 276 valence electrons. The molecule has 0 bridgehead atoms. The van der Waals surface area contributed by atoms with Crippen LogP contribution in [0.25, 0.3) is 11.2 Å². The molecule has 0 aliphatic carbocycles. The predicted octanol–water partition coefficient (Wildman–Crippen LogP) is 5.52. The Morgan fingerprint density at radius 2 is 1.48 bits per heavy atom. The summed E-state index contributed by atoms with van der Waals surface area (Å²) in [5.74, 6) is 1.18. The Labute approximate surface area is 310 Å². The molecule has 0 radical (unpaired) electrons. The Kier molecular flexibility index (Phi) is 10.5. The highest BCUT2D eigenvalue weighted by atomic mass is 16.6. The summed E-state index contributed by atoms with van der Waals surface area (Å²) >= 11 is 0. The molecule has 14 heteroatoms. The van der Waals surface area contributed by atoms with Crippen molar-refractivity contribution in [3.63, 3.8) is 0 Å². The van der Waals surface area contributed by atoms with Crippen molar-refractivity contribution in [2.45, 2.75) is 37.0 Å². The molecule has 4 N–H and O–H groups in total. The minimum Gasteiger partial charge on any atom is -0.497 e. The van der Waals surface area contributed by atoms with E-state index in [-0.39, 0.29) is 25.4 Å². The largest absolute Gasteiger partial charge is 0.497 e. The second-order valence-corrected chi connectivity index (χ2v) is 12.6. The van der Waals surface area contributed by atoms with Crippen molar-refractivity contribution in [3.05, 3.63) is 144 Å². The van der Waals surface area contributed by atoms with E-state index in [9.17, 15) is 14.7 Å². The van der Waals surface area contributed by atoms with Crippen LogP contribution in [0.3, 0.4) is 0 Å². The van der Waals surface area contributed by atoms with Gasteiger partial charge in [0, 0.05) is 18.5 Å². The monoisotopic (exact) mass is 730 g/mol. The quantitative estimate of drug-likeness (QED) is 0.110. The number of rotatable bonds is 13. The van der Waals surface area contributed by atoms with Gasteiger partial charge in [0.1, 0.15) is 35.8 Å². The van der Waals surface area contributed by atoms with Crippen molar-refractivity contribution < 1.29 is 38.7 Å². The topological polar surface area (TPSA) is 179 Å². The smallest absolute Gasteiger partial charge is 0.404 e. The van der Waals surface area contributed by atoms with Gasteiger partial charge in [0.15, 0.2) is 17.0 Å². The summed E-state index contributed by atoms with van der Waals surface area (Å²) in [5, 5.41) is 25.3. The van der Waals surface area contributed by atoms with E-state index < -0.39 is 36.0 Å². The molecule has 0 spiro atoms. The summed E-state index contributed by atoms with van der Waals surface area (Å²) in [5.41, 5.74) is 3.27. The van der Waals surface area contributed by atoms with Gasteiger partial charge in [-0.3, -0.25) is 9.36 Å². The zero-order chi connectivity index (χ0) is 37.7. The predicted molar refractivity (Wildman–Crippen MR) is 197 cm³/mol. The fourth-order valence-electron chi connectivity index (χ4n) is 6.60. The number of carboxylic acid groups (broad SMARTS) is 1. The van der Waals surface area contributed by atoms with Gasteiger partial charge >= 0.3 is 6.09 Å². The number of fused-ring (bicyclic) bond motifs is 1. The summed E-state index contributed by atoms with van der Waals surface area (Å²) < 4.78 is 26.1. The number of imidazole rings is 1. The molecule has 7 rings (SSSR count). The van der Waals surface area contributed by atoms with Crippen LogP contribution in [0.4, 0.5) is 10.6 Å². The molecule has 2 amide bonds. The second-order valence-electron chi connectivity index (χ2n) is 12.6. The number of carbonyl (C=O) groups is 2. The summed E-state index contributed by atoms with van der Waals surface area (Å²) in [4.78, 5) is 37.1. The molecule has 2 aromatic heterocycles. The molecule has 1 unspecified atom stereocenters. The van der Waals surface area contributed by atoms with Crippen molar-refractivity contribution in [1.29, 1.82) is 0 Å². The Balaban J connectivity index is 1.12. The highest BCUT2D eigenvalue weighted by Gasteiger charge is 2.42. The lowest BCUT2D eigenvalue weighted by atomic mass is 9.80.